The molecule has 2 heterocycles. The first kappa shape index (κ1) is 16.7. The highest BCUT2D eigenvalue weighted by Gasteiger charge is 2.36. The maximum Gasteiger partial charge on any atom is 0.306 e. The van der Waals surface area contributed by atoms with Crippen molar-refractivity contribution in [2.24, 2.45) is 5.92 Å². The fraction of sp³-hybridized carbons (Fsp3) is 0.923. The minimum Gasteiger partial charge on any atom is -0.481 e. The van der Waals surface area contributed by atoms with Crippen molar-refractivity contribution < 1.29 is 18.3 Å². The Morgan fingerprint density at radius 1 is 1.00 bits per heavy atom. The van der Waals surface area contributed by atoms with Crippen LogP contribution in [-0.2, 0) is 15.0 Å². The van der Waals surface area contributed by atoms with E-state index in [9.17, 15) is 13.2 Å². The normalized spacial score (nSPS) is 24.5. The molecule has 0 amide bonds. The number of nitrogens with zero attached hydrogens (tertiary/aromatic N) is 3. The van der Waals surface area contributed by atoms with Crippen LogP contribution in [0.2, 0.25) is 0 Å². The second-order valence-electron chi connectivity index (χ2n) is 6.11. The SMILES string of the molecule is CN(C)C1CCN(S(=O)(=O)N2CCC(C(=O)O)CC2)CC1. The lowest BCUT2D eigenvalue weighted by Crippen LogP contribution is -2.51. The first-order valence-electron chi connectivity index (χ1n) is 7.47. The average molecular weight is 319 g/mol. The van der Waals surface area contributed by atoms with E-state index in [0.29, 0.717) is 45.1 Å². The molecule has 2 fully saturated rings. The van der Waals surface area contributed by atoms with Gasteiger partial charge in [-0.25, -0.2) is 0 Å². The largest absolute Gasteiger partial charge is 0.481 e. The van der Waals surface area contributed by atoms with Crippen molar-refractivity contribution in [3.8, 4) is 0 Å². The second kappa shape index (κ2) is 6.60. The number of rotatable bonds is 4. The van der Waals surface area contributed by atoms with Crippen molar-refractivity contribution in [2.75, 3.05) is 40.3 Å². The molecule has 2 aliphatic rings. The number of aliphatic carboxylic acids is 1. The van der Waals surface area contributed by atoms with Gasteiger partial charge >= 0.3 is 5.97 Å². The van der Waals surface area contributed by atoms with Gasteiger partial charge in [0.25, 0.3) is 10.2 Å². The maximum absolute atomic E-state index is 12.6. The zero-order valence-corrected chi connectivity index (χ0v) is 13.5. The average Bonchev–Trinajstić information content (AvgIpc) is 2.47. The second-order valence-corrected chi connectivity index (χ2v) is 8.04. The lowest BCUT2D eigenvalue weighted by molar-refractivity contribution is -0.142. The molecule has 0 aromatic heterocycles. The molecule has 0 saturated carbocycles. The van der Waals surface area contributed by atoms with Crippen molar-refractivity contribution >= 4 is 16.2 Å². The first-order valence-corrected chi connectivity index (χ1v) is 8.86. The summed E-state index contributed by atoms with van der Waals surface area (Å²) in [5, 5.41) is 8.97. The smallest absolute Gasteiger partial charge is 0.306 e. The van der Waals surface area contributed by atoms with Gasteiger partial charge in [0.2, 0.25) is 0 Å². The van der Waals surface area contributed by atoms with Crippen LogP contribution in [0.1, 0.15) is 25.7 Å². The molecule has 8 heteroatoms. The van der Waals surface area contributed by atoms with Gasteiger partial charge in [-0.3, -0.25) is 4.79 Å². The standard InChI is InChI=1S/C13H25N3O4S/c1-14(2)12-5-9-16(10-6-12)21(19,20)15-7-3-11(4-8-15)13(17)18/h11-12H,3-10H2,1-2H3,(H,17,18). The molecule has 0 spiro atoms. The fourth-order valence-corrected chi connectivity index (χ4v) is 4.76. The molecule has 0 radical (unpaired) electrons. The van der Waals surface area contributed by atoms with Crippen LogP contribution < -0.4 is 0 Å². The lowest BCUT2D eigenvalue weighted by Gasteiger charge is -2.38. The third-order valence-corrected chi connectivity index (χ3v) is 6.64. The molecule has 0 aromatic carbocycles. The molecule has 2 aliphatic heterocycles. The summed E-state index contributed by atoms with van der Waals surface area (Å²) in [7, 11) is 0.611. The van der Waals surface area contributed by atoms with E-state index < -0.39 is 22.1 Å². The lowest BCUT2D eigenvalue weighted by atomic mass is 9.99. The first-order chi connectivity index (χ1) is 9.82. The Morgan fingerprint density at radius 3 is 1.81 bits per heavy atom. The third-order valence-electron chi connectivity index (χ3n) is 4.61. The van der Waals surface area contributed by atoms with Crippen LogP contribution in [0.25, 0.3) is 0 Å². The van der Waals surface area contributed by atoms with Crippen LogP contribution in [0.5, 0.6) is 0 Å². The predicted octanol–water partition coefficient (Wildman–Crippen LogP) is 0.0538. The van der Waals surface area contributed by atoms with E-state index in [-0.39, 0.29) is 0 Å². The van der Waals surface area contributed by atoms with E-state index in [2.05, 4.69) is 4.90 Å². The highest BCUT2D eigenvalue weighted by Crippen LogP contribution is 2.24. The summed E-state index contributed by atoms with van der Waals surface area (Å²) in [5.41, 5.74) is 0. The zero-order valence-electron chi connectivity index (χ0n) is 12.7. The van der Waals surface area contributed by atoms with E-state index in [4.69, 9.17) is 5.11 Å². The summed E-state index contributed by atoms with van der Waals surface area (Å²) in [6.45, 7) is 1.72. The van der Waals surface area contributed by atoms with Crippen molar-refractivity contribution in [1.82, 2.24) is 13.5 Å². The quantitative estimate of drug-likeness (QED) is 0.792. The number of hydrogen-bond acceptors (Lipinski definition) is 4. The number of carbonyl (C=O) groups is 1. The zero-order chi connectivity index (χ0) is 15.6. The van der Waals surface area contributed by atoms with Crippen molar-refractivity contribution in [3.63, 3.8) is 0 Å². The summed E-state index contributed by atoms with van der Waals surface area (Å²) >= 11 is 0. The number of piperidine rings is 2. The molecule has 2 rings (SSSR count). The minimum atomic E-state index is -3.43. The van der Waals surface area contributed by atoms with Crippen LogP contribution in [0, 0.1) is 5.92 Å². The van der Waals surface area contributed by atoms with Crippen LogP contribution >= 0.6 is 0 Å². The molecule has 7 nitrogen and oxygen atoms in total. The van der Waals surface area contributed by atoms with Crippen molar-refractivity contribution in [3.05, 3.63) is 0 Å². The molecule has 0 bridgehead atoms. The fourth-order valence-electron chi connectivity index (χ4n) is 3.09. The molecule has 2 saturated heterocycles. The molecule has 1 N–H and O–H groups in total. The molecule has 0 unspecified atom stereocenters. The summed E-state index contributed by atoms with van der Waals surface area (Å²) in [6, 6.07) is 0.439. The van der Waals surface area contributed by atoms with E-state index in [0.717, 1.165) is 12.8 Å². The van der Waals surface area contributed by atoms with Crippen molar-refractivity contribution in [2.45, 2.75) is 31.7 Å². The number of hydrogen-bond donors (Lipinski definition) is 1. The monoisotopic (exact) mass is 319 g/mol. The van der Waals surface area contributed by atoms with Gasteiger partial charge in [-0.1, -0.05) is 0 Å². The van der Waals surface area contributed by atoms with Gasteiger partial charge in [0, 0.05) is 32.2 Å². The molecular weight excluding hydrogens is 294 g/mol. The Labute approximate surface area is 126 Å². The van der Waals surface area contributed by atoms with Gasteiger partial charge in [0.15, 0.2) is 0 Å². The molecule has 21 heavy (non-hydrogen) atoms. The van der Waals surface area contributed by atoms with Gasteiger partial charge in [0.05, 0.1) is 5.92 Å². The van der Waals surface area contributed by atoms with E-state index in [1.807, 2.05) is 14.1 Å². The van der Waals surface area contributed by atoms with Crippen LogP contribution in [-0.4, -0.2) is 79.3 Å². The van der Waals surface area contributed by atoms with E-state index in [1.54, 1.807) is 4.31 Å². The predicted molar refractivity (Wildman–Crippen MR) is 79.1 cm³/mol. The van der Waals surface area contributed by atoms with Gasteiger partial charge < -0.3 is 10.0 Å². The maximum atomic E-state index is 12.6. The Kier molecular flexibility index (Phi) is 5.24. The Hall–Kier alpha value is -0.700. The Bertz CT molecular complexity index is 464. The molecule has 0 aromatic rings. The minimum absolute atomic E-state index is 0.312. The molecular formula is C13H25N3O4S. The van der Waals surface area contributed by atoms with Gasteiger partial charge in [0.1, 0.15) is 0 Å². The van der Waals surface area contributed by atoms with Crippen LogP contribution in [0.15, 0.2) is 0 Å². The highest BCUT2D eigenvalue weighted by atomic mass is 32.2. The number of carboxylic acid groups (broad SMARTS) is 1. The van der Waals surface area contributed by atoms with Crippen LogP contribution in [0.3, 0.4) is 0 Å². The van der Waals surface area contributed by atoms with Crippen molar-refractivity contribution in [1.29, 1.82) is 0 Å². The topological polar surface area (TPSA) is 81.2 Å². The third kappa shape index (κ3) is 3.74. The van der Waals surface area contributed by atoms with Gasteiger partial charge in [-0.15, -0.1) is 0 Å². The van der Waals surface area contributed by atoms with Crippen LogP contribution in [0.4, 0.5) is 0 Å². The summed E-state index contributed by atoms with van der Waals surface area (Å²) in [5.74, 6) is -1.23. The van der Waals surface area contributed by atoms with Gasteiger partial charge in [-0.2, -0.15) is 17.0 Å². The van der Waals surface area contributed by atoms with E-state index >= 15 is 0 Å². The van der Waals surface area contributed by atoms with Gasteiger partial charge in [-0.05, 0) is 39.8 Å². The number of carboxylic acids is 1. The Morgan fingerprint density at radius 2 is 1.43 bits per heavy atom. The molecule has 0 atom stereocenters. The summed E-state index contributed by atoms with van der Waals surface area (Å²) < 4.78 is 28.2. The summed E-state index contributed by atoms with van der Waals surface area (Å²) in [4.78, 5) is 13.1. The highest BCUT2D eigenvalue weighted by molar-refractivity contribution is 7.86. The van der Waals surface area contributed by atoms with E-state index in [1.165, 1.54) is 4.31 Å². The summed E-state index contributed by atoms with van der Waals surface area (Å²) in [6.07, 6.45) is 2.50. The molecule has 0 aliphatic carbocycles. The Balaban J connectivity index is 1.93. The molecule has 122 valence electrons.